The minimum atomic E-state index is -0.323. The van der Waals surface area contributed by atoms with Crippen molar-refractivity contribution in [3.8, 4) is 0 Å². The summed E-state index contributed by atoms with van der Waals surface area (Å²) in [6, 6.07) is 14.3. The first-order valence-electron chi connectivity index (χ1n) is 9.02. The molecule has 0 saturated carbocycles. The topological polar surface area (TPSA) is 76.0 Å². The molecule has 0 fully saturated rings. The zero-order chi connectivity index (χ0) is 20.3. The van der Waals surface area contributed by atoms with Crippen LogP contribution >= 0.6 is 11.6 Å². The molecule has 3 aromatic rings. The number of rotatable bonds is 5. The number of nitrogens with one attached hydrogen (secondary N) is 2. The number of imidazole rings is 1. The highest BCUT2D eigenvalue weighted by Gasteiger charge is 2.18. The molecular weight excluding hydrogens is 376 g/mol. The molecule has 0 spiro atoms. The summed E-state index contributed by atoms with van der Waals surface area (Å²) in [7, 11) is 0. The SMILES string of the molecule is CC(C)(C)NC(=O)Cn1c(CNC(=O)c2ccc(Cl)cc2)nc2ccccc21. The third-order valence-electron chi connectivity index (χ3n) is 4.06. The van der Waals surface area contributed by atoms with Gasteiger partial charge in [0.15, 0.2) is 0 Å². The highest BCUT2D eigenvalue weighted by molar-refractivity contribution is 6.30. The molecule has 0 saturated heterocycles. The molecule has 1 heterocycles. The lowest BCUT2D eigenvalue weighted by Gasteiger charge is -2.21. The molecule has 28 heavy (non-hydrogen) atoms. The van der Waals surface area contributed by atoms with Gasteiger partial charge in [0.05, 0.1) is 17.6 Å². The van der Waals surface area contributed by atoms with Crippen LogP contribution in [-0.4, -0.2) is 26.9 Å². The quantitative estimate of drug-likeness (QED) is 0.690. The van der Waals surface area contributed by atoms with Crippen LogP contribution in [0.4, 0.5) is 0 Å². The van der Waals surface area contributed by atoms with Crippen molar-refractivity contribution in [1.29, 1.82) is 0 Å². The van der Waals surface area contributed by atoms with E-state index < -0.39 is 0 Å². The largest absolute Gasteiger partial charge is 0.350 e. The van der Waals surface area contributed by atoms with Crippen LogP contribution < -0.4 is 10.6 Å². The number of carbonyl (C=O) groups excluding carboxylic acids is 2. The molecule has 0 aliphatic carbocycles. The summed E-state index contributed by atoms with van der Waals surface area (Å²) >= 11 is 5.87. The molecule has 0 atom stereocenters. The second-order valence-corrected chi connectivity index (χ2v) is 8.03. The van der Waals surface area contributed by atoms with E-state index in [4.69, 9.17) is 11.6 Å². The fourth-order valence-corrected chi connectivity index (χ4v) is 3.03. The Labute approximate surface area is 168 Å². The Kier molecular flexibility index (Phi) is 5.70. The van der Waals surface area contributed by atoms with Crippen molar-refractivity contribution >= 4 is 34.4 Å². The van der Waals surface area contributed by atoms with Crippen molar-refractivity contribution in [3.63, 3.8) is 0 Å². The summed E-state index contributed by atoms with van der Waals surface area (Å²) in [4.78, 5) is 29.4. The lowest BCUT2D eigenvalue weighted by atomic mass is 10.1. The molecule has 2 aromatic carbocycles. The van der Waals surface area contributed by atoms with Crippen LogP contribution in [-0.2, 0) is 17.9 Å². The van der Waals surface area contributed by atoms with Crippen molar-refractivity contribution < 1.29 is 9.59 Å². The number of para-hydroxylation sites is 2. The summed E-state index contributed by atoms with van der Waals surface area (Å²) < 4.78 is 1.83. The number of halogens is 1. The van der Waals surface area contributed by atoms with Gasteiger partial charge in [-0.1, -0.05) is 23.7 Å². The summed E-state index contributed by atoms with van der Waals surface area (Å²) in [5.41, 5.74) is 1.82. The van der Waals surface area contributed by atoms with E-state index in [1.165, 1.54) is 0 Å². The third-order valence-corrected chi connectivity index (χ3v) is 4.32. The monoisotopic (exact) mass is 398 g/mol. The highest BCUT2D eigenvalue weighted by Crippen LogP contribution is 2.17. The highest BCUT2D eigenvalue weighted by atomic mass is 35.5. The minimum Gasteiger partial charge on any atom is -0.350 e. The molecule has 0 radical (unpaired) electrons. The maximum Gasteiger partial charge on any atom is 0.251 e. The van der Waals surface area contributed by atoms with Gasteiger partial charge in [-0.2, -0.15) is 0 Å². The molecule has 3 rings (SSSR count). The number of fused-ring (bicyclic) bond motifs is 1. The molecule has 1 aromatic heterocycles. The number of carbonyl (C=O) groups is 2. The van der Waals surface area contributed by atoms with Gasteiger partial charge >= 0.3 is 0 Å². The standard InChI is InChI=1S/C21H23ClN4O2/c1-21(2,3)25-19(27)13-26-17-7-5-4-6-16(17)24-18(26)12-23-20(28)14-8-10-15(22)11-9-14/h4-11H,12-13H2,1-3H3,(H,23,28)(H,25,27). The predicted octanol–water partition coefficient (Wildman–Crippen LogP) is 3.53. The summed E-state index contributed by atoms with van der Waals surface area (Å²) in [6.07, 6.45) is 0. The van der Waals surface area contributed by atoms with Gasteiger partial charge in [-0.3, -0.25) is 9.59 Å². The van der Waals surface area contributed by atoms with Crippen LogP contribution in [0.25, 0.3) is 11.0 Å². The van der Waals surface area contributed by atoms with Crippen molar-refractivity contribution in [1.82, 2.24) is 20.2 Å². The second-order valence-electron chi connectivity index (χ2n) is 7.59. The minimum absolute atomic E-state index is 0.110. The van der Waals surface area contributed by atoms with Crippen LogP contribution in [0.2, 0.25) is 5.02 Å². The van der Waals surface area contributed by atoms with Crippen LogP contribution in [0.3, 0.4) is 0 Å². The van der Waals surface area contributed by atoms with Crippen molar-refractivity contribution in [2.75, 3.05) is 0 Å². The Balaban J connectivity index is 1.81. The van der Waals surface area contributed by atoms with Gasteiger partial charge in [0, 0.05) is 16.1 Å². The van der Waals surface area contributed by atoms with Gasteiger partial charge in [0.25, 0.3) is 5.91 Å². The molecule has 0 aliphatic heterocycles. The van der Waals surface area contributed by atoms with E-state index in [9.17, 15) is 9.59 Å². The Morgan fingerprint density at radius 3 is 2.43 bits per heavy atom. The smallest absolute Gasteiger partial charge is 0.251 e. The lowest BCUT2D eigenvalue weighted by molar-refractivity contribution is -0.123. The van der Waals surface area contributed by atoms with E-state index >= 15 is 0 Å². The Morgan fingerprint density at radius 1 is 1.07 bits per heavy atom. The van der Waals surface area contributed by atoms with Crippen LogP contribution in [0.1, 0.15) is 37.0 Å². The average molecular weight is 399 g/mol. The Bertz CT molecular complexity index is 1000. The van der Waals surface area contributed by atoms with Crippen molar-refractivity contribution in [2.45, 2.75) is 39.4 Å². The van der Waals surface area contributed by atoms with Gasteiger partial charge in [0.1, 0.15) is 12.4 Å². The molecule has 0 aliphatic rings. The number of aromatic nitrogens is 2. The summed E-state index contributed by atoms with van der Waals surface area (Å²) in [6.45, 7) is 6.14. The van der Waals surface area contributed by atoms with Gasteiger partial charge < -0.3 is 15.2 Å². The zero-order valence-electron chi connectivity index (χ0n) is 16.1. The van der Waals surface area contributed by atoms with E-state index in [0.717, 1.165) is 11.0 Å². The van der Waals surface area contributed by atoms with E-state index in [0.29, 0.717) is 16.4 Å². The molecule has 146 valence electrons. The first kappa shape index (κ1) is 19.9. The van der Waals surface area contributed by atoms with Gasteiger partial charge in [-0.25, -0.2) is 4.98 Å². The number of nitrogens with zero attached hydrogens (tertiary/aromatic N) is 2. The average Bonchev–Trinajstić information content (AvgIpc) is 2.96. The number of hydrogen-bond donors (Lipinski definition) is 2. The fraction of sp³-hybridized carbons (Fsp3) is 0.286. The summed E-state index contributed by atoms with van der Waals surface area (Å²) in [5.74, 6) is 0.280. The van der Waals surface area contributed by atoms with Gasteiger partial charge in [0.2, 0.25) is 5.91 Å². The fourth-order valence-electron chi connectivity index (χ4n) is 2.90. The molecular formula is C21H23ClN4O2. The molecule has 0 bridgehead atoms. The molecule has 0 unspecified atom stereocenters. The van der Waals surface area contributed by atoms with Crippen molar-refractivity contribution in [2.24, 2.45) is 0 Å². The van der Waals surface area contributed by atoms with Gasteiger partial charge in [-0.15, -0.1) is 0 Å². The Hall–Kier alpha value is -2.86. The van der Waals surface area contributed by atoms with E-state index in [2.05, 4.69) is 15.6 Å². The zero-order valence-corrected chi connectivity index (χ0v) is 16.9. The first-order chi connectivity index (χ1) is 13.2. The maximum absolute atomic E-state index is 12.5. The molecule has 2 N–H and O–H groups in total. The molecule has 2 amide bonds. The third kappa shape index (κ3) is 4.89. The van der Waals surface area contributed by atoms with E-state index in [1.54, 1.807) is 24.3 Å². The molecule has 6 nitrogen and oxygen atoms in total. The molecule has 7 heteroatoms. The number of amides is 2. The van der Waals surface area contributed by atoms with E-state index in [-0.39, 0.29) is 30.4 Å². The van der Waals surface area contributed by atoms with Crippen LogP contribution in [0.5, 0.6) is 0 Å². The number of hydrogen-bond acceptors (Lipinski definition) is 3. The summed E-state index contributed by atoms with van der Waals surface area (Å²) in [5, 5.41) is 6.39. The Morgan fingerprint density at radius 2 is 1.75 bits per heavy atom. The van der Waals surface area contributed by atoms with Crippen LogP contribution in [0, 0.1) is 0 Å². The lowest BCUT2D eigenvalue weighted by Crippen LogP contribution is -2.42. The second kappa shape index (κ2) is 8.02. The van der Waals surface area contributed by atoms with Crippen molar-refractivity contribution in [3.05, 3.63) is 64.9 Å². The normalized spacial score (nSPS) is 11.4. The predicted molar refractivity (Wildman–Crippen MR) is 110 cm³/mol. The maximum atomic E-state index is 12.5. The first-order valence-corrected chi connectivity index (χ1v) is 9.40. The van der Waals surface area contributed by atoms with E-state index in [1.807, 2.05) is 49.6 Å². The number of benzene rings is 2. The van der Waals surface area contributed by atoms with Crippen LogP contribution in [0.15, 0.2) is 48.5 Å². The van der Waals surface area contributed by atoms with Gasteiger partial charge in [-0.05, 0) is 57.2 Å².